The van der Waals surface area contributed by atoms with Crippen molar-refractivity contribution in [2.75, 3.05) is 20.1 Å². The largest absolute Gasteiger partial charge is 0.412 e. The number of hydrogen-bond donors (Lipinski definition) is 2. The molecule has 1 heterocycles. The van der Waals surface area contributed by atoms with E-state index in [9.17, 15) is 4.79 Å². The Labute approximate surface area is 172 Å². The Morgan fingerprint density at radius 1 is 1.32 bits per heavy atom. The van der Waals surface area contributed by atoms with Gasteiger partial charge in [0.25, 0.3) is 6.02 Å². The summed E-state index contributed by atoms with van der Waals surface area (Å²) < 4.78 is 5.39. The predicted octanol–water partition coefficient (Wildman–Crippen LogP) is 4.05. The molecule has 0 saturated carbocycles. The lowest BCUT2D eigenvalue weighted by Crippen LogP contribution is -2.53. The Bertz CT molecular complexity index is 695. The van der Waals surface area contributed by atoms with Gasteiger partial charge < -0.3 is 15.0 Å². The number of hydrogen-bond acceptors (Lipinski definition) is 4. The number of ether oxygens (including phenoxy) is 1. The first-order chi connectivity index (χ1) is 13.3. The second kappa shape index (κ2) is 10.5. The predicted molar refractivity (Wildman–Crippen MR) is 114 cm³/mol. The Hall–Kier alpha value is -2.08. The Morgan fingerprint density at radius 2 is 1.93 bits per heavy atom. The van der Waals surface area contributed by atoms with Gasteiger partial charge in [-0.05, 0) is 42.4 Å². The van der Waals surface area contributed by atoms with E-state index >= 15 is 0 Å². The first-order valence-corrected chi connectivity index (χ1v) is 10.3. The van der Waals surface area contributed by atoms with E-state index in [-0.39, 0.29) is 23.7 Å². The van der Waals surface area contributed by atoms with E-state index in [2.05, 4.69) is 22.4 Å². The summed E-state index contributed by atoms with van der Waals surface area (Å²) in [5.41, 5.74) is 1.28. The average Bonchev–Trinajstić information content (AvgIpc) is 2.70. The minimum Gasteiger partial charge on any atom is -0.412 e. The quantitative estimate of drug-likeness (QED) is 0.572. The summed E-state index contributed by atoms with van der Waals surface area (Å²) in [6.45, 7) is 7.27. The molecule has 6 nitrogen and oxygen atoms in total. The number of nitrogens with zero attached hydrogens (tertiary/aromatic N) is 2. The van der Waals surface area contributed by atoms with Gasteiger partial charge in [0.1, 0.15) is 6.04 Å². The number of likely N-dealkylation sites (tertiary alicyclic amines) is 1. The summed E-state index contributed by atoms with van der Waals surface area (Å²) in [6.07, 6.45) is 2.34. The van der Waals surface area contributed by atoms with Gasteiger partial charge in [0.15, 0.2) is 5.90 Å². The summed E-state index contributed by atoms with van der Waals surface area (Å²) in [5, 5.41) is 11.5. The molecule has 1 fully saturated rings. The molecule has 7 heteroatoms. The molecule has 2 rings (SSSR count). The van der Waals surface area contributed by atoms with E-state index in [1.54, 1.807) is 7.05 Å². The lowest BCUT2D eigenvalue weighted by Gasteiger charge is -2.35. The lowest BCUT2D eigenvalue weighted by molar-refractivity contribution is -0.135. The van der Waals surface area contributed by atoms with Crippen molar-refractivity contribution in [3.05, 3.63) is 34.9 Å². The SMILES string of the molecule is CCC(=N)OC(=NC)NC(C(=O)N1CCC(c2ccc(Cl)cc2)CC1)C(C)C. The average molecular weight is 407 g/mol. The van der Waals surface area contributed by atoms with Crippen molar-refractivity contribution in [1.29, 1.82) is 5.41 Å². The molecule has 2 N–H and O–H groups in total. The van der Waals surface area contributed by atoms with Crippen molar-refractivity contribution in [3.8, 4) is 0 Å². The van der Waals surface area contributed by atoms with Gasteiger partial charge >= 0.3 is 0 Å². The van der Waals surface area contributed by atoms with Crippen LogP contribution in [0.5, 0.6) is 0 Å². The van der Waals surface area contributed by atoms with Gasteiger partial charge in [-0.3, -0.25) is 10.2 Å². The summed E-state index contributed by atoms with van der Waals surface area (Å²) in [6, 6.07) is 7.78. The maximum absolute atomic E-state index is 13.1. The zero-order valence-corrected chi connectivity index (χ0v) is 17.9. The minimum atomic E-state index is -0.435. The number of carbonyl (C=O) groups is 1. The topological polar surface area (TPSA) is 77.8 Å². The van der Waals surface area contributed by atoms with Crippen LogP contribution in [-0.2, 0) is 9.53 Å². The van der Waals surface area contributed by atoms with Crippen LogP contribution in [0.25, 0.3) is 0 Å². The Balaban J connectivity index is 1.98. The first-order valence-electron chi connectivity index (χ1n) is 9.88. The number of amides is 1. The summed E-state index contributed by atoms with van der Waals surface area (Å²) in [4.78, 5) is 19.1. The van der Waals surface area contributed by atoms with E-state index in [1.807, 2.05) is 37.8 Å². The Morgan fingerprint density at radius 3 is 2.43 bits per heavy atom. The molecule has 28 heavy (non-hydrogen) atoms. The van der Waals surface area contributed by atoms with Gasteiger partial charge in [-0.15, -0.1) is 0 Å². The highest BCUT2D eigenvalue weighted by Crippen LogP contribution is 2.29. The normalized spacial score (nSPS) is 16.8. The van der Waals surface area contributed by atoms with Gasteiger partial charge in [0.05, 0.1) is 0 Å². The van der Waals surface area contributed by atoms with Crippen molar-refractivity contribution < 1.29 is 9.53 Å². The van der Waals surface area contributed by atoms with Crippen molar-refractivity contribution in [2.24, 2.45) is 10.9 Å². The maximum atomic E-state index is 13.1. The van der Waals surface area contributed by atoms with E-state index in [4.69, 9.17) is 21.7 Å². The highest BCUT2D eigenvalue weighted by Gasteiger charge is 2.31. The second-order valence-electron chi connectivity index (χ2n) is 7.42. The fourth-order valence-electron chi connectivity index (χ4n) is 3.34. The molecule has 0 bridgehead atoms. The molecule has 154 valence electrons. The molecule has 1 aromatic rings. The van der Waals surface area contributed by atoms with Gasteiger partial charge in [-0.25, -0.2) is 4.99 Å². The number of rotatable bonds is 5. The van der Waals surface area contributed by atoms with Gasteiger partial charge in [0, 0.05) is 31.6 Å². The molecule has 0 aromatic heterocycles. The molecule has 0 aliphatic carbocycles. The molecule has 0 spiro atoms. The number of piperidine rings is 1. The van der Waals surface area contributed by atoms with Crippen LogP contribution in [0.4, 0.5) is 0 Å². The zero-order chi connectivity index (χ0) is 20.7. The third-order valence-corrected chi connectivity index (χ3v) is 5.36. The maximum Gasteiger partial charge on any atom is 0.291 e. The van der Waals surface area contributed by atoms with Crippen LogP contribution in [0.15, 0.2) is 29.3 Å². The van der Waals surface area contributed by atoms with Crippen molar-refractivity contribution >= 4 is 29.4 Å². The summed E-state index contributed by atoms with van der Waals surface area (Å²) >= 11 is 5.98. The molecular formula is C21H31ClN4O2. The van der Waals surface area contributed by atoms with E-state index in [1.165, 1.54) is 5.56 Å². The highest BCUT2D eigenvalue weighted by molar-refractivity contribution is 6.30. The first kappa shape index (κ1) is 22.2. The molecule has 1 saturated heterocycles. The molecule has 0 radical (unpaired) electrons. The van der Waals surface area contributed by atoms with Crippen LogP contribution >= 0.6 is 11.6 Å². The number of aliphatic imine (C=N–C) groups is 1. The number of amidine groups is 1. The summed E-state index contributed by atoms with van der Waals surface area (Å²) in [5.74, 6) is 0.690. The molecule has 1 atom stereocenters. The van der Waals surface area contributed by atoms with Gasteiger partial charge in [0.2, 0.25) is 5.91 Å². The zero-order valence-electron chi connectivity index (χ0n) is 17.2. The van der Waals surface area contributed by atoms with Crippen LogP contribution in [0.2, 0.25) is 5.02 Å². The van der Waals surface area contributed by atoms with Crippen molar-refractivity contribution in [1.82, 2.24) is 10.2 Å². The third kappa shape index (κ3) is 5.96. The number of halogens is 1. The van der Waals surface area contributed by atoms with Crippen molar-refractivity contribution in [3.63, 3.8) is 0 Å². The summed E-state index contributed by atoms with van der Waals surface area (Å²) in [7, 11) is 1.59. The molecule has 1 aliphatic rings. The van der Waals surface area contributed by atoms with Crippen LogP contribution < -0.4 is 5.32 Å². The second-order valence-corrected chi connectivity index (χ2v) is 7.86. The number of carbonyl (C=O) groups excluding carboxylic acids is 1. The molecule has 1 aromatic carbocycles. The standard InChI is InChI=1S/C21H31ClN4O2/c1-5-18(23)28-21(24-4)25-19(14(2)3)20(27)26-12-10-16(11-13-26)15-6-8-17(22)9-7-15/h6-9,14,16,19,23H,5,10-13H2,1-4H3,(H,24,25). The van der Waals surface area contributed by atoms with Crippen LogP contribution in [-0.4, -0.2) is 48.9 Å². The van der Waals surface area contributed by atoms with E-state index in [0.29, 0.717) is 12.3 Å². The molecular weight excluding hydrogens is 376 g/mol. The van der Waals surface area contributed by atoms with Crippen LogP contribution in [0.1, 0.15) is 51.5 Å². The smallest absolute Gasteiger partial charge is 0.291 e. The number of nitrogens with one attached hydrogen (secondary N) is 2. The third-order valence-electron chi connectivity index (χ3n) is 5.10. The monoisotopic (exact) mass is 406 g/mol. The van der Waals surface area contributed by atoms with E-state index < -0.39 is 6.04 Å². The minimum absolute atomic E-state index is 0.0531. The van der Waals surface area contributed by atoms with Gasteiger partial charge in [-0.2, -0.15) is 0 Å². The van der Waals surface area contributed by atoms with E-state index in [0.717, 1.165) is 31.0 Å². The Kier molecular flexibility index (Phi) is 8.30. The molecule has 1 aliphatic heterocycles. The fourth-order valence-corrected chi connectivity index (χ4v) is 3.47. The van der Waals surface area contributed by atoms with Crippen LogP contribution in [0.3, 0.4) is 0 Å². The highest BCUT2D eigenvalue weighted by atomic mass is 35.5. The van der Waals surface area contributed by atoms with Gasteiger partial charge in [-0.1, -0.05) is 44.5 Å². The van der Waals surface area contributed by atoms with Crippen molar-refractivity contribution in [2.45, 2.75) is 52.0 Å². The molecule has 1 amide bonds. The lowest BCUT2D eigenvalue weighted by atomic mass is 9.89. The fraction of sp³-hybridized carbons (Fsp3) is 0.571. The molecule has 1 unspecified atom stereocenters. The van der Waals surface area contributed by atoms with Crippen LogP contribution in [0, 0.1) is 11.3 Å². The number of benzene rings is 1.